The molecule has 2 heterocycles. The number of hydrogen-bond acceptors (Lipinski definition) is 4. The van der Waals surface area contributed by atoms with Crippen LogP contribution in [0.1, 0.15) is 46.5 Å². The van der Waals surface area contributed by atoms with Crippen molar-refractivity contribution in [3.8, 4) is 0 Å². The van der Waals surface area contributed by atoms with Crippen molar-refractivity contribution in [1.82, 2.24) is 5.32 Å². The molecular formula is C23H20N2O3. The number of anilines is 1. The van der Waals surface area contributed by atoms with Crippen molar-refractivity contribution >= 4 is 23.2 Å². The summed E-state index contributed by atoms with van der Waals surface area (Å²) >= 11 is 0. The second-order valence-electron chi connectivity index (χ2n) is 7.75. The first kappa shape index (κ1) is 17.1. The standard InChI is InChI=1S/C23H20N2O3/c1-3-12(2)19-17-18(21(27)14-9-5-4-8-13(14)20(17)26)23(25-19)15-10-6-7-11-16(15)24-22(23)28/h4-12,19,25H,3H2,1-2H3,(H,24,28)/t12-,19+,23-/m0/s1. The van der Waals surface area contributed by atoms with Crippen LogP contribution in [0.2, 0.25) is 0 Å². The van der Waals surface area contributed by atoms with Crippen molar-refractivity contribution in [2.24, 2.45) is 5.92 Å². The molecule has 0 radical (unpaired) electrons. The molecule has 0 aromatic heterocycles. The lowest BCUT2D eigenvalue weighted by Crippen LogP contribution is -2.51. The summed E-state index contributed by atoms with van der Waals surface area (Å²) in [6.45, 7) is 4.08. The van der Waals surface area contributed by atoms with E-state index in [4.69, 9.17) is 0 Å². The van der Waals surface area contributed by atoms with E-state index < -0.39 is 5.54 Å². The van der Waals surface area contributed by atoms with Crippen LogP contribution in [0.15, 0.2) is 59.7 Å². The Morgan fingerprint density at radius 2 is 1.61 bits per heavy atom. The predicted molar refractivity (Wildman–Crippen MR) is 105 cm³/mol. The van der Waals surface area contributed by atoms with Crippen molar-refractivity contribution < 1.29 is 14.4 Å². The smallest absolute Gasteiger partial charge is 0.254 e. The number of fused-ring (bicyclic) bond motifs is 4. The number of amides is 1. The highest BCUT2D eigenvalue weighted by molar-refractivity contribution is 6.32. The van der Waals surface area contributed by atoms with E-state index in [0.717, 1.165) is 6.42 Å². The Morgan fingerprint density at radius 3 is 2.32 bits per heavy atom. The normalized spacial score (nSPS) is 26.2. The van der Waals surface area contributed by atoms with Crippen LogP contribution >= 0.6 is 0 Å². The number of nitrogens with one attached hydrogen (secondary N) is 2. The van der Waals surface area contributed by atoms with Crippen LogP contribution in [0, 0.1) is 5.92 Å². The molecule has 0 saturated carbocycles. The van der Waals surface area contributed by atoms with E-state index in [9.17, 15) is 14.4 Å². The molecule has 2 aromatic carbocycles. The lowest BCUT2D eigenvalue weighted by atomic mass is 9.74. The fourth-order valence-corrected chi connectivity index (χ4v) is 4.75. The second-order valence-corrected chi connectivity index (χ2v) is 7.75. The SMILES string of the molecule is CC[C@H](C)[C@H]1N[C@]2(C(=O)Nc3ccccc32)C2=C1C(=O)c1ccccc1C2=O. The van der Waals surface area contributed by atoms with Gasteiger partial charge in [-0.2, -0.15) is 0 Å². The van der Waals surface area contributed by atoms with Crippen LogP contribution in [0.3, 0.4) is 0 Å². The largest absolute Gasteiger partial charge is 0.324 e. The van der Waals surface area contributed by atoms with Gasteiger partial charge in [-0.1, -0.05) is 62.7 Å². The molecule has 2 N–H and O–H groups in total. The molecule has 5 heteroatoms. The van der Waals surface area contributed by atoms with Gasteiger partial charge >= 0.3 is 0 Å². The van der Waals surface area contributed by atoms with Crippen LogP contribution < -0.4 is 10.6 Å². The zero-order chi connectivity index (χ0) is 19.6. The van der Waals surface area contributed by atoms with Crippen LogP contribution in [-0.4, -0.2) is 23.5 Å². The van der Waals surface area contributed by atoms with Gasteiger partial charge < -0.3 is 5.32 Å². The monoisotopic (exact) mass is 372 g/mol. The third kappa shape index (κ3) is 1.92. The minimum atomic E-state index is -1.32. The summed E-state index contributed by atoms with van der Waals surface area (Å²) in [4.78, 5) is 40.3. The van der Waals surface area contributed by atoms with Crippen molar-refractivity contribution in [1.29, 1.82) is 0 Å². The highest BCUT2D eigenvalue weighted by Gasteiger charge is 2.61. The Bertz CT molecular complexity index is 1100. The maximum Gasteiger partial charge on any atom is 0.254 e. The van der Waals surface area contributed by atoms with Crippen molar-refractivity contribution in [2.45, 2.75) is 31.8 Å². The third-order valence-corrected chi connectivity index (χ3v) is 6.35. The number of carbonyl (C=O) groups is 3. The lowest BCUT2D eigenvalue weighted by Gasteiger charge is -2.28. The van der Waals surface area contributed by atoms with E-state index in [0.29, 0.717) is 33.5 Å². The number of rotatable bonds is 2. The topological polar surface area (TPSA) is 75.3 Å². The van der Waals surface area contributed by atoms with E-state index >= 15 is 0 Å². The molecule has 28 heavy (non-hydrogen) atoms. The van der Waals surface area contributed by atoms with Gasteiger partial charge in [0.25, 0.3) is 5.91 Å². The highest BCUT2D eigenvalue weighted by Crippen LogP contribution is 2.51. The first-order chi connectivity index (χ1) is 13.5. The summed E-state index contributed by atoms with van der Waals surface area (Å²) in [5.41, 5.74) is 1.60. The zero-order valence-corrected chi connectivity index (χ0v) is 15.7. The molecule has 0 fully saturated rings. The lowest BCUT2D eigenvalue weighted by molar-refractivity contribution is -0.120. The summed E-state index contributed by atoms with van der Waals surface area (Å²) in [5.74, 6) is -0.605. The van der Waals surface area contributed by atoms with Crippen LogP contribution in [-0.2, 0) is 10.3 Å². The summed E-state index contributed by atoms with van der Waals surface area (Å²) in [7, 11) is 0. The highest BCUT2D eigenvalue weighted by atomic mass is 16.2. The number of ketones is 2. The molecule has 2 aromatic rings. The molecule has 3 atom stereocenters. The summed E-state index contributed by atoms with van der Waals surface area (Å²) in [6, 6.07) is 13.9. The third-order valence-electron chi connectivity index (χ3n) is 6.35. The molecule has 140 valence electrons. The Kier molecular flexibility index (Phi) is 3.49. The Hall–Kier alpha value is -3.05. The molecule has 3 aliphatic rings. The van der Waals surface area contributed by atoms with E-state index in [1.807, 2.05) is 38.1 Å². The van der Waals surface area contributed by atoms with Crippen LogP contribution in [0.4, 0.5) is 5.69 Å². The second kappa shape index (κ2) is 5.72. The first-order valence-corrected chi connectivity index (χ1v) is 9.62. The van der Waals surface area contributed by atoms with Gasteiger partial charge in [-0.25, -0.2) is 0 Å². The number of benzene rings is 2. The summed E-state index contributed by atoms with van der Waals surface area (Å²) < 4.78 is 0. The number of hydrogen-bond donors (Lipinski definition) is 2. The average molecular weight is 372 g/mol. The molecule has 1 amide bonds. The minimum Gasteiger partial charge on any atom is -0.324 e. The van der Waals surface area contributed by atoms with Gasteiger partial charge in [-0.15, -0.1) is 0 Å². The molecule has 5 nitrogen and oxygen atoms in total. The quantitative estimate of drug-likeness (QED) is 0.849. The molecule has 5 rings (SSSR count). The van der Waals surface area contributed by atoms with E-state index in [1.54, 1.807) is 24.3 Å². The van der Waals surface area contributed by atoms with Gasteiger partial charge in [0.05, 0.1) is 0 Å². The molecule has 0 saturated heterocycles. The van der Waals surface area contributed by atoms with Gasteiger partial charge in [-0.05, 0) is 12.0 Å². The van der Waals surface area contributed by atoms with Crippen molar-refractivity contribution in [3.63, 3.8) is 0 Å². The molecule has 0 unspecified atom stereocenters. The fourth-order valence-electron chi connectivity index (χ4n) is 4.75. The first-order valence-electron chi connectivity index (χ1n) is 9.62. The molecule has 0 bridgehead atoms. The van der Waals surface area contributed by atoms with E-state index in [1.165, 1.54) is 0 Å². The maximum absolute atomic E-state index is 13.6. The van der Waals surface area contributed by atoms with E-state index in [2.05, 4.69) is 10.6 Å². The Balaban J connectivity index is 1.83. The molecular weight excluding hydrogens is 352 g/mol. The summed E-state index contributed by atoms with van der Waals surface area (Å²) in [6.07, 6.45) is 0.816. The molecule has 2 aliphatic heterocycles. The van der Waals surface area contributed by atoms with Crippen molar-refractivity contribution in [3.05, 3.63) is 76.4 Å². The number of para-hydroxylation sites is 1. The van der Waals surface area contributed by atoms with Crippen LogP contribution in [0.5, 0.6) is 0 Å². The van der Waals surface area contributed by atoms with Gasteiger partial charge in [0.2, 0.25) is 0 Å². The molecule has 1 spiro atoms. The van der Waals surface area contributed by atoms with Gasteiger partial charge in [-0.3, -0.25) is 19.7 Å². The number of Topliss-reactive ketones (excluding diaryl/α,β-unsaturated/α-hetero) is 2. The predicted octanol–water partition coefficient (Wildman–Crippen LogP) is 3.23. The average Bonchev–Trinajstić information content (AvgIpc) is 3.22. The van der Waals surface area contributed by atoms with Gasteiger partial charge in [0.1, 0.15) is 0 Å². The van der Waals surface area contributed by atoms with Crippen LogP contribution in [0.25, 0.3) is 0 Å². The maximum atomic E-state index is 13.6. The Labute approximate surface area is 162 Å². The number of carbonyl (C=O) groups excluding carboxylic acids is 3. The van der Waals surface area contributed by atoms with Gasteiger partial charge in [0, 0.05) is 39.6 Å². The zero-order valence-electron chi connectivity index (χ0n) is 15.7. The minimum absolute atomic E-state index is 0.0898. The summed E-state index contributed by atoms with van der Waals surface area (Å²) in [5, 5.41) is 6.33. The van der Waals surface area contributed by atoms with Crippen molar-refractivity contribution in [2.75, 3.05) is 5.32 Å². The fraction of sp³-hybridized carbons (Fsp3) is 0.261. The van der Waals surface area contributed by atoms with Gasteiger partial charge in [0.15, 0.2) is 17.1 Å². The molecule has 1 aliphatic carbocycles. The van der Waals surface area contributed by atoms with E-state index in [-0.39, 0.29) is 29.4 Å². The Morgan fingerprint density at radius 1 is 0.964 bits per heavy atom.